The largest absolute Gasteiger partial charge is 0.386 e. The maximum atomic E-state index is 11.1. The Balaban J connectivity index is 2.59. The summed E-state index contributed by atoms with van der Waals surface area (Å²) < 4.78 is 9.77. The lowest BCUT2D eigenvalue weighted by Gasteiger charge is -2.09. The molecule has 1 rings (SSSR count). The number of hydrogen-bond acceptors (Lipinski definition) is 4. The van der Waals surface area contributed by atoms with Crippen molar-refractivity contribution in [1.29, 1.82) is 0 Å². The molecule has 0 radical (unpaired) electrons. The van der Waals surface area contributed by atoms with E-state index in [4.69, 9.17) is 4.74 Å². The van der Waals surface area contributed by atoms with E-state index in [1.54, 1.807) is 6.92 Å². The fourth-order valence-electron chi connectivity index (χ4n) is 1.01. The number of ether oxygens (including phenoxy) is 2. The summed E-state index contributed by atoms with van der Waals surface area (Å²) in [6.45, 7) is 5.63. The van der Waals surface area contributed by atoms with Gasteiger partial charge in [-0.2, -0.15) is 0 Å². The topological polar surface area (TPSA) is 52.6 Å². The molecule has 1 aliphatic heterocycles. The number of cyclic esters (lactones) is 2. The number of rotatable bonds is 4. The average molecular weight is 198 g/mol. The molecule has 1 heterocycles. The zero-order valence-electron chi connectivity index (χ0n) is 8.62. The molecular formula is C10H14O4. The number of hydrogen-bond donors (Lipinski definition) is 0. The second kappa shape index (κ2) is 4.37. The molecular weight excluding hydrogens is 184 g/mol. The molecule has 0 saturated carbocycles. The van der Waals surface area contributed by atoms with Crippen LogP contribution in [0.5, 0.6) is 0 Å². The van der Waals surface area contributed by atoms with Gasteiger partial charge in [-0.15, -0.1) is 0 Å². The predicted molar refractivity (Wildman–Crippen MR) is 49.5 cm³/mol. The van der Waals surface area contributed by atoms with E-state index in [2.05, 4.69) is 4.74 Å². The first-order valence-electron chi connectivity index (χ1n) is 4.64. The van der Waals surface area contributed by atoms with Gasteiger partial charge in [0.2, 0.25) is 0 Å². The highest BCUT2D eigenvalue weighted by molar-refractivity contribution is 6.12. The van der Waals surface area contributed by atoms with Crippen molar-refractivity contribution in [3.05, 3.63) is 11.1 Å². The fraction of sp³-hybridized carbons (Fsp3) is 0.600. The molecule has 1 aliphatic rings. The minimum atomic E-state index is -0.573. The maximum absolute atomic E-state index is 11.1. The number of carbonyl (C=O) groups is 2. The van der Waals surface area contributed by atoms with Crippen molar-refractivity contribution in [2.45, 2.75) is 33.3 Å². The van der Waals surface area contributed by atoms with Crippen LogP contribution in [-0.2, 0) is 19.1 Å². The Labute approximate surface area is 82.9 Å². The van der Waals surface area contributed by atoms with Crippen LogP contribution in [0.1, 0.15) is 27.2 Å². The SMILES string of the molecule is CCC(C)OCC1=C(C)C(=O)OC1=O. The van der Waals surface area contributed by atoms with Crippen LogP contribution in [0, 0.1) is 0 Å². The van der Waals surface area contributed by atoms with Crippen LogP contribution in [0.2, 0.25) is 0 Å². The quantitative estimate of drug-likeness (QED) is 0.503. The normalized spacial score (nSPS) is 18.8. The summed E-state index contributed by atoms with van der Waals surface area (Å²) in [4.78, 5) is 22.1. The smallest absolute Gasteiger partial charge is 0.344 e. The summed E-state index contributed by atoms with van der Waals surface area (Å²) in [5.41, 5.74) is 0.702. The predicted octanol–water partition coefficient (Wildman–Crippen LogP) is 1.20. The molecule has 0 saturated heterocycles. The summed E-state index contributed by atoms with van der Waals surface area (Å²) >= 11 is 0. The van der Waals surface area contributed by atoms with Gasteiger partial charge < -0.3 is 9.47 Å². The first kappa shape index (κ1) is 10.9. The molecule has 0 spiro atoms. The van der Waals surface area contributed by atoms with Crippen molar-refractivity contribution in [1.82, 2.24) is 0 Å². The average Bonchev–Trinajstić information content (AvgIpc) is 2.39. The third-order valence-electron chi connectivity index (χ3n) is 2.28. The van der Waals surface area contributed by atoms with Gasteiger partial charge in [-0.05, 0) is 20.3 Å². The molecule has 0 amide bonds. The number of esters is 2. The third-order valence-corrected chi connectivity index (χ3v) is 2.28. The van der Waals surface area contributed by atoms with Crippen molar-refractivity contribution in [3.63, 3.8) is 0 Å². The van der Waals surface area contributed by atoms with Gasteiger partial charge in [0.1, 0.15) is 0 Å². The summed E-state index contributed by atoms with van der Waals surface area (Å²) in [6.07, 6.45) is 0.953. The van der Waals surface area contributed by atoms with Crippen LogP contribution in [0.25, 0.3) is 0 Å². The molecule has 0 aromatic rings. The highest BCUT2D eigenvalue weighted by Crippen LogP contribution is 2.17. The minimum Gasteiger partial charge on any atom is -0.386 e. The molecule has 0 N–H and O–H groups in total. The van der Waals surface area contributed by atoms with Crippen LogP contribution < -0.4 is 0 Å². The second-order valence-electron chi connectivity index (χ2n) is 3.31. The molecule has 0 bridgehead atoms. The first-order valence-corrected chi connectivity index (χ1v) is 4.64. The van der Waals surface area contributed by atoms with Gasteiger partial charge in [-0.25, -0.2) is 9.59 Å². The van der Waals surface area contributed by atoms with Gasteiger partial charge in [0.25, 0.3) is 0 Å². The Morgan fingerprint density at radius 3 is 2.43 bits per heavy atom. The summed E-state index contributed by atoms with van der Waals surface area (Å²) in [7, 11) is 0. The van der Waals surface area contributed by atoms with Gasteiger partial charge >= 0.3 is 11.9 Å². The number of carbonyl (C=O) groups excluding carboxylic acids is 2. The van der Waals surface area contributed by atoms with Gasteiger partial charge in [0.15, 0.2) is 0 Å². The van der Waals surface area contributed by atoms with Crippen LogP contribution >= 0.6 is 0 Å². The van der Waals surface area contributed by atoms with Gasteiger partial charge in [0.05, 0.1) is 18.3 Å². The van der Waals surface area contributed by atoms with E-state index >= 15 is 0 Å². The second-order valence-corrected chi connectivity index (χ2v) is 3.31. The minimum absolute atomic E-state index is 0.0822. The molecule has 14 heavy (non-hydrogen) atoms. The van der Waals surface area contributed by atoms with Gasteiger partial charge in [0, 0.05) is 5.57 Å². The molecule has 0 fully saturated rings. The lowest BCUT2D eigenvalue weighted by Crippen LogP contribution is -2.13. The van der Waals surface area contributed by atoms with Crippen LogP contribution in [0.3, 0.4) is 0 Å². The molecule has 0 aromatic carbocycles. The zero-order valence-corrected chi connectivity index (χ0v) is 8.62. The third kappa shape index (κ3) is 2.20. The monoisotopic (exact) mass is 198 g/mol. The summed E-state index contributed by atoms with van der Waals surface area (Å²) in [5.74, 6) is -1.13. The van der Waals surface area contributed by atoms with Crippen molar-refractivity contribution < 1.29 is 19.1 Å². The Hall–Kier alpha value is -1.16. The van der Waals surface area contributed by atoms with Crippen LogP contribution in [-0.4, -0.2) is 24.6 Å². The van der Waals surface area contributed by atoms with Crippen molar-refractivity contribution in [2.24, 2.45) is 0 Å². The maximum Gasteiger partial charge on any atom is 0.344 e. The molecule has 1 atom stereocenters. The molecule has 78 valence electrons. The van der Waals surface area contributed by atoms with Crippen molar-refractivity contribution in [2.75, 3.05) is 6.61 Å². The van der Waals surface area contributed by atoms with E-state index in [0.29, 0.717) is 11.1 Å². The highest BCUT2D eigenvalue weighted by Gasteiger charge is 2.29. The first-order chi connectivity index (χ1) is 6.56. The standard InChI is InChI=1S/C10H14O4/c1-4-6(2)13-5-8-7(3)9(11)14-10(8)12/h6H,4-5H2,1-3H3. The Bertz CT molecular complexity index is 290. The van der Waals surface area contributed by atoms with E-state index in [9.17, 15) is 9.59 Å². The Morgan fingerprint density at radius 2 is 2.00 bits per heavy atom. The van der Waals surface area contributed by atoms with Gasteiger partial charge in [-0.3, -0.25) is 0 Å². The zero-order chi connectivity index (χ0) is 10.7. The van der Waals surface area contributed by atoms with E-state index in [1.807, 2.05) is 13.8 Å². The lowest BCUT2D eigenvalue weighted by molar-refractivity contribution is -0.151. The van der Waals surface area contributed by atoms with Crippen molar-refractivity contribution >= 4 is 11.9 Å². The summed E-state index contributed by atoms with van der Waals surface area (Å²) in [6, 6.07) is 0. The molecule has 0 aliphatic carbocycles. The van der Waals surface area contributed by atoms with Gasteiger partial charge in [-0.1, -0.05) is 6.92 Å². The summed E-state index contributed by atoms with van der Waals surface area (Å²) in [5, 5.41) is 0. The highest BCUT2D eigenvalue weighted by atomic mass is 16.6. The Kier molecular flexibility index (Phi) is 3.41. The van der Waals surface area contributed by atoms with E-state index in [-0.39, 0.29) is 12.7 Å². The van der Waals surface area contributed by atoms with Crippen LogP contribution in [0.15, 0.2) is 11.1 Å². The Morgan fingerprint density at radius 1 is 1.36 bits per heavy atom. The lowest BCUT2D eigenvalue weighted by atomic mass is 10.2. The molecule has 4 nitrogen and oxygen atoms in total. The molecule has 4 heteroatoms. The molecule has 0 aromatic heterocycles. The van der Waals surface area contributed by atoms with E-state index in [0.717, 1.165) is 6.42 Å². The van der Waals surface area contributed by atoms with E-state index in [1.165, 1.54) is 0 Å². The van der Waals surface area contributed by atoms with E-state index < -0.39 is 11.9 Å². The fourth-order valence-corrected chi connectivity index (χ4v) is 1.01. The van der Waals surface area contributed by atoms with Crippen LogP contribution in [0.4, 0.5) is 0 Å². The molecule has 1 unspecified atom stereocenters. The van der Waals surface area contributed by atoms with Crippen molar-refractivity contribution in [3.8, 4) is 0 Å².